The summed E-state index contributed by atoms with van der Waals surface area (Å²) in [5.74, 6) is 0. The van der Waals surface area contributed by atoms with Gasteiger partial charge < -0.3 is 0 Å². The Morgan fingerprint density at radius 3 is 0.803 bits per heavy atom. The van der Waals surface area contributed by atoms with Gasteiger partial charge in [0.05, 0.1) is 27.8 Å². The molecule has 25 aromatic rings. The van der Waals surface area contributed by atoms with Crippen LogP contribution in [0.15, 0.2) is 322 Å². The van der Waals surface area contributed by atoms with Crippen LogP contribution in [0.5, 0.6) is 0 Å². The number of pyridine rings is 5. The van der Waals surface area contributed by atoms with Crippen molar-refractivity contribution in [1.29, 1.82) is 0 Å². The Kier molecular flexibility index (Phi) is 17.4. The predicted molar refractivity (Wildman–Crippen MR) is 574 cm³/mol. The van der Waals surface area contributed by atoms with Crippen molar-refractivity contribution in [3.05, 3.63) is 389 Å². The van der Waals surface area contributed by atoms with Crippen molar-refractivity contribution in [3.8, 4) is 56.3 Å². The van der Waals surface area contributed by atoms with Gasteiger partial charge in [-0.05, 0) is 255 Å². The molecule has 0 spiro atoms. The quantitative estimate of drug-likeness (QED) is 0.153. The summed E-state index contributed by atoms with van der Waals surface area (Å²) in [5.41, 5.74) is 20.1. The molecule has 0 radical (unpaired) electrons. The standard InChI is InChI=1S/C26H24NS.C25H22NS.2C24H20NS.C23H18NS/c1-15-7-9-21(17(3)10-15)25-26-24(18(4)14-27(25)5)22-12-20-11-16(2)6-8-19(20)13-23(22)28-26;1-15-9-10-18-13-22-21(12-19(18)11-15)23-17(3)14-26(4)24(25(23)27-22)20-8-6-5-7-16(20)2;2*1-15-8-9-17-14-22-21(13-18(17)12-15)20-10-11-25(3)23(24(20)26-22)19-7-5-4-6-16(19)2;1-15-7-3-6-10-18(15)22-23-19(11-12-24(22)2)20-13-16-8-4-5-9-17(16)14-21(20)25-23/h6-14H,1-5H3;5-14H,1-4H3;2*4-14H,1-3H3;3-14H,1-2H3/q5*+1/i1D3,2D3,4D3;1D3,3D3;1D3;;. The average Bonchev–Trinajstić information content (AvgIpc) is 1.60. The van der Waals surface area contributed by atoms with Crippen LogP contribution >= 0.6 is 56.7 Å². The van der Waals surface area contributed by atoms with Crippen LogP contribution in [0.3, 0.4) is 0 Å². The summed E-state index contributed by atoms with van der Waals surface area (Å²) in [7, 11) is 10.1. The Bertz CT molecular complexity index is 9860. The minimum atomic E-state index is -2.38. The molecule has 0 bridgehead atoms. The van der Waals surface area contributed by atoms with Crippen molar-refractivity contribution in [2.75, 3.05) is 0 Å². The normalized spacial score (nSPS) is 14.3. The van der Waals surface area contributed by atoms with Gasteiger partial charge in [0.1, 0.15) is 58.7 Å². The SMILES string of the molecule is Cc1ccc2cc3sc4c(-c5ccccc5C)[n+](C)ccc4c3cc2c1.Cc1ccccc1-c1c2sc3cc4ccccc4cc3c2cc[n+]1C.[2H]C([2H])([2H])c1ccc(-c2c3sc4cc5ccc(C([2H])([2H])[2H])cc5cc4c3c(C([2H])([2H])[2H])c[n+]2C)c(C)c1.[2H]C([2H])([2H])c1ccc2cc3sc4c(-c5ccccc5C)[n+](C)cc(C([2H])([2H])[2H])c4c3cc2c1.[2H]C([2H])([2H])c1ccc2cc3sc4c(-c5ccccc5C)[n+](C)ccc4c3cc2c1. The van der Waals surface area contributed by atoms with Crippen LogP contribution < -0.4 is 22.8 Å². The summed E-state index contributed by atoms with van der Waals surface area (Å²) >= 11 is 8.66. The summed E-state index contributed by atoms with van der Waals surface area (Å²) in [6.45, 7) is -0.835. The van der Waals surface area contributed by atoms with E-state index in [2.05, 4.69) is 270 Å². The first-order valence-corrected chi connectivity index (χ1v) is 48.1. The van der Waals surface area contributed by atoms with E-state index in [1.165, 1.54) is 149 Å². The predicted octanol–water partition coefficient (Wildman–Crippen LogP) is 32.2. The smallest absolute Gasteiger partial charge is 0.200 e. The number of aryl methyl sites for hydroxylation is 17. The second-order valence-corrected chi connectivity index (χ2v) is 40.2. The Morgan fingerprint density at radius 2 is 0.462 bits per heavy atom. The van der Waals surface area contributed by atoms with Crippen LogP contribution in [-0.4, -0.2) is 0 Å². The third kappa shape index (κ3) is 15.4. The molecule has 10 heterocycles. The van der Waals surface area contributed by atoms with Gasteiger partial charge in [-0.1, -0.05) is 210 Å². The van der Waals surface area contributed by atoms with Crippen LogP contribution in [-0.2, 0) is 35.2 Å². The lowest BCUT2D eigenvalue weighted by molar-refractivity contribution is -0.659. The molecule has 0 aliphatic heterocycles. The molecule has 25 rings (SSSR count). The first-order valence-electron chi connectivity index (χ1n) is 53.0. The highest BCUT2D eigenvalue weighted by Gasteiger charge is 2.29. The van der Waals surface area contributed by atoms with Crippen molar-refractivity contribution >= 4 is 211 Å². The van der Waals surface area contributed by atoms with Crippen LogP contribution in [0, 0.1) is 82.7 Å². The number of hydrogen-bond acceptors (Lipinski definition) is 5. The average molecular weight is 1820 g/mol. The van der Waals surface area contributed by atoms with E-state index in [4.69, 9.17) is 24.7 Å². The van der Waals surface area contributed by atoms with Gasteiger partial charge in [-0.25, -0.2) is 0 Å². The maximum atomic E-state index is 8.25. The Balaban J connectivity index is 0.000000110. The Hall–Kier alpha value is -13.6. The van der Waals surface area contributed by atoms with Gasteiger partial charge in [0.15, 0.2) is 31.0 Å². The fourth-order valence-corrected chi connectivity index (χ4v) is 26.0. The minimum Gasteiger partial charge on any atom is -0.200 e. The summed E-state index contributed by atoms with van der Waals surface area (Å²) in [6.07, 6.45) is 9.82. The highest BCUT2D eigenvalue weighted by atomic mass is 32.1. The molecular weight excluding hydrogens is 1700 g/mol. The number of thiophene rings is 5. The molecule has 0 fully saturated rings. The molecule has 5 nitrogen and oxygen atoms in total. The summed E-state index contributed by atoms with van der Waals surface area (Å²) in [5, 5.41) is 21.3. The maximum Gasteiger partial charge on any atom is 0.230 e. The van der Waals surface area contributed by atoms with Gasteiger partial charge in [-0.15, -0.1) is 56.7 Å². The third-order valence-electron chi connectivity index (χ3n) is 25.9. The largest absolute Gasteiger partial charge is 0.230 e. The van der Waals surface area contributed by atoms with Gasteiger partial charge in [-0.2, -0.15) is 22.8 Å². The van der Waals surface area contributed by atoms with Crippen molar-refractivity contribution < 1.29 is 47.5 Å². The Labute approximate surface area is 816 Å². The molecule has 0 N–H and O–H groups in total. The van der Waals surface area contributed by atoms with E-state index in [0.29, 0.717) is 21.9 Å². The summed E-state index contributed by atoms with van der Waals surface area (Å²) in [6, 6.07) is 98.0. The van der Waals surface area contributed by atoms with Crippen LogP contribution in [0.4, 0.5) is 0 Å². The van der Waals surface area contributed by atoms with Crippen molar-refractivity contribution in [2.45, 2.75) is 82.7 Å². The second-order valence-electron chi connectivity index (χ2n) is 34.9. The first-order chi connectivity index (χ1) is 71.2. The second kappa shape index (κ2) is 34.3. The van der Waals surface area contributed by atoms with Crippen LogP contribution in [0.2, 0.25) is 0 Å². The van der Waals surface area contributed by atoms with Gasteiger partial charge >= 0.3 is 0 Å². The lowest BCUT2D eigenvalue weighted by Gasteiger charge is -2.08. The Morgan fingerprint density at radius 1 is 0.197 bits per heavy atom. The molecule has 0 saturated carbocycles. The molecule has 0 aliphatic carbocycles. The van der Waals surface area contributed by atoms with Gasteiger partial charge in [-0.3, -0.25) is 0 Å². The molecule has 0 atom stereocenters. The zero-order chi connectivity index (χ0) is 106. The van der Waals surface area contributed by atoms with Crippen molar-refractivity contribution in [3.63, 3.8) is 0 Å². The summed E-state index contributed by atoms with van der Waals surface area (Å²) in [4.78, 5) is 0. The van der Waals surface area contributed by atoms with Crippen LogP contribution in [0.25, 0.3) is 211 Å². The van der Waals surface area contributed by atoms with E-state index in [0.717, 1.165) is 95.5 Å². The van der Waals surface area contributed by atoms with Gasteiger partial charge in [0.25, 0.3) is 0 Å². The highest BCUT2D eigenvalue weighted by molar-refractivity contribution is 7.28. The molecule has 642 valence electrons. The molecule has 0 unspecified atom stereocenters. The number of nitrogens with zero attached hydrogens (tertiary/aromatic N) is 5. The number of aromatic nitrogens is 5. The summed E-state index contributed by atoms with van der Waals surface area (Å²) < 4.78 is 164. The number of benzene rings is 15. The monoisotopic (exact) mass is 1820 g/mol. The van der Waals surface area contributed by atoms with Crippen molar-refractivity contribution in [2.24, 2.45) is 35.2 Å². The van der Waals surface area contributed by atoms with Crippen molar-refractivity contribution in [1.82, 2.24) is 0 Å². The lowest BCUT2D eigenvalue weighted by atomic mass is 9.98. The zero-order valence-corrected chi connectivity index (χ0v) is 79.0. The van der Waals surface area contributed by atoms with E-state index >= 15 is 0 Å². The third-order valence-corrected chi connectivity index (χ3v) is 31.8. The number of fused-ring (bicyclic) bond motifs is 20. The topological polar surface area (TPSA) is 19.4 Å². The lowest BCUT2D eigenvalue weighted by Crippen LogP contribution is -2.31. The molecule has 0 amide bonds. The van der Waals surface area contributed by atoms with E-state index < -0.39 is 41.1 Å². The molecular formula is C122H104N5S5+5. The molecule has 10 aromatic heterocycles. The van der Waals surface area contributed by atoms with Crippen LogP contribution in [0.1, 0.15) is 91.4 Å². The molecule has 15 aromatic carbocycles. The highest BCUT2D eigenvalue weighted by Crippen LogP contribution is 2.48. The molecule has 10 heteroatoms. The zero-order valence-electron chi connectivity index (χ0n) is 92.9. The van der Waals surface area contributed by atoms with E-state index in [-0.39, 0.29) is 22.3 Å². The molecule has 0 aliphatic rings. The molecule has 0 saturated heterocycles. The van der Waals surface area contributed by atoms with E-state index in [1.807, 2.05) is 89.7 Å². The fourth-order valence-electron chi connectivity index (χ4n) is 19.3. The van der Waals surface area contributed by atoms with Gasteiger partial charge in [0, 0.05) is 131 Å². The first kappa shape index (κ1) is 66.8. The fraction of sp³-hybridized carbons (Fsp3) is 0.139. The number of hydrogen-bond donors (Lipinski definition) is 0. The maximum absolute atomic E-state index is 8.25. The molecule has 132 heavy (non-hydrogen) atoms. The van der Waals surface area contributed by atoms with E-state index in [9.17, 15) is 0 Å². The van der Waals surface area contributed by atoms with Gasteiger partial charge in [0.2, 0.25) is 28.5 Å². The number of rotatable bonds is 5. The van der Waals surface area contributed by atoms with E-state index in [1.54, 1.807) is 107 Å². The minimum absolute atomic E-state index is 0.211.